The second-order valence-electron chi connectivity index (χ2n) is 11.8. The lowest BCUT2D eigenvalue weighted by molar-refractivity contribution is -0.192. The van der Waals surface area contributed by atoms with E-state index in [1.165, 1.54) is 12.0 Å². The van der Waals surface area contributed by atoms with E-state index in [4.69, 9.17) is 19.4 Å². The van der Waals surface area contributed by atoms with Crippen LogP contribution in [0.5, 0.6) is 11.5 Å². The minimum absolute atomic E-state index is 0.147. The molecule has 0 aromatic heterocycles. The van der Waals surface area contributed by atoms with Gasteiger partial charge in [-0.2, -0.15) is 13.2 Å². The molecule has 2 aliphatic heterocycles. The number of nitrogens with zero attached hydrogens (tertiary/aromatic N) is 2. The van der Waals surface area contributed by atoms with Crippen LogP contribution < -0.4 is 9.47 Å². The van der Waals surface area contributed by atoms with Gasteiger partial charge in [-0.3, -0.25) is 9.69 Å². The van der Waals surface area contributed by atoms with Crippen LogP contribution in [0.1, 0.15) is 49.0 Å². The van der Waals surface area contributed by atoms with E-state index in [1.807, 2.05) is 41.3 Å². The van der Waals surface area contributed by atoms with E-state index < -0.39 is 12.1 Å². The number of aliphatic carboxylic acids is 1. The van der Waals surface area contributed by atoms with Gasteiger partial charge in [-0.1, -0.05) is 44.2 Å². The number of piperidine rings is 1. The molecular formula is C33H39F3N2O5. The zero-order valence-electron chi connectivity index (χ0n) is 24.8. The first kappa shape index (κ1) is 32.1. The second-order valence-corrected chi connectivity index (χ2v) is 11.8. The molecule has 0 saturated carbocycles. The Morgan fingerprint density at radius 1 is 0.953 bits per heavy atom. The molecule has 0 unspecified atom stereocenters. The van der Waals surface area contributed by atoms with Crippen LogP contribution in [0.15, 0.2) is 60.7 Å². The van der Waals surface area contributed by atoms with Crippen molar-refractivity contribution < 1.29 is 37.3 Å². The number of ether oxygens (including phenoxy) is 2. The summed E-state index contributed by atoms with van der Waals surface area (Å²) < 4.78 is 43.1. The summed E-state index contributed by atoms with van der Waals surface area (Å²) in [6.45, 7) is 9.92. The van der Waals surface area contributed by atoms with Crippen LogP contribution in [0.2, 0.25) is 0 Å². The monoisotopic (exact) mass is 600 g/mol. The van der Waals surface area contributed by atoms with Crippen molar-refractivity contribution in [1.82, 2.24) is 9.80 Å². The number of para-hydroxylation sites is 1. The normalized spacial score (nSPS) is 16.7. The maximum atomic E-state index is 13.3. The standard InChI is InChI=1S/C31H38N2O3.C2HF3O2/c1-23(2)21-36-29-7-5-4-6-27(29)20-32-15-12-31(22-32)13-16-33(17-14-31)30(34)26-9-8-25-19-28(35-3)11-10-24(25)18-26;3-2(4,5)1(6)7/h4-11,18-19,23H,12-17,20-22H2,1-3H3;(H,6,7). The van der Waals surface area contributed by atoms with E-state index in [0.29, 0.717) is 11.3 Å². The third kappa shape index (κ3) is 8.40. The number of benzene rings is 3. The number of methoxy groups -OCH3 is 1. The molecule has 0 radical (unpaired) electrons. The van der Waals surface area contributed by atoms with Crippen LogP contribution >= 0.6 is 0 Å². The highest BCUT2D eigenvalue weighted by molar-refractivity contribution is 5.98. The molecular weight excluding hydrogens is 561 g/mol. The molecule has 2 heterocycles. The summed E-state index contributed by atoms with van der Waals surface area (Å²) in [5.41, 5.74) is 2.37. The van der Waals surface area contributed by atoms with Gasteiger partial charge in [-0.25, -0.2) is 4.79 Å². The van der Waals surface area contributed by atoms with Gasteiger partial charge in [0.25, 0.3) is 5.91 Å². The van der Waals surface area contributed by atoms with Crippen LogP contribution in [0.4, 0.5) is 13.2 Å². The Morgan fingerprint density at radius 2 is 1.58 bits per heavy atom. The van der Waals surface area contributed by atoms with Gasteiger partial charge in [0.1, 0.15) is 11.5 Å². The molecule has 0 bridgehead atoms. The van der Waals surface area contributed by atoms with Crippen LogP contribution in [0.3, 0.4) is 0 Å². The van der Waals surface area contributed by atoms with Crippen molar-refractivity contribution in [2.75, 3.05) is 39.9 Å². The van der Waals surface area contributed by atoms with Crippen LogP contribution in [0, 0.1) is 11.3 Å². The van der Waals surface area contributed by atoms with E-state index in [9.17, 15) is 18.0 Å². The van der Waals surface area contributed by atoms with E-state index in [2.05, 4.69) is 43.0 Å². The summed E-state index contributed by atoms with van der Waals surface area (Å²) in [6.07, 6.45) is -1.72. The molecule has 232 valence electrons. The number of amides is 1. The van der Waals surface area contributed by atoms with E-state index >= 15 is 0 Å². The molecule has 2 aliphatic rings. The summed E-state index contributed by atoms with van der Waals surface area (Å²) in [5, 5.41) is 9.28. The highest BCUT2D eigenvalue weighted by atomic mass is 19.4. The van der Waals surface area contributed by atoms with Gasteiger partial charge in [0.2, 0.25) is 0 Å². The summed E-state index contributed by atoms with van der Waals surface area (Å²) >= 11 is 0. The van der Waals surface area contributed by atoms with Crippen molar-refractivity contribution >= 4 is 22.6 Å². The number of carbonyl (C=O) groups excluding carboxylic acids is 1. The van der Waals surface area contributed by atoms with Gasteiger partial charge in [-0.05, 0) is 78.2 Å². The van der Waals surface area contributed by atoms with Crippen LogP contribution in [-0.4, -0.2) is 72.9 Å². The maximum Gasteiger partial charge on any atom is 0.490 e. The van der Waals surface area contributed by atoms with E-state index in [1.54, 1.807) is 7.11 Å². The Bertz CT molecular complexity index is 1420. The molecule has 1 amide bonds. The lowest BCUT2D eigenvalue weighted by Crippen LogP contribution is -2.44. The van der Waals surface area contributed by atoms with Gasteiger partial charge in [0.05, 0.1) is 13.7 Å². The Hall–Kier alpha value is -3.79. The summed E-state index contributed by atoms with van der Waals surface area (Å²) in [4.78, 5) is 26.8. The molecule has 2 saturated heterocycles. The minimum Gasteiger partial charge on any atom is -0.497 e. The maximum absolute atomic E-state index is 13.3. The highest BCUT2D eigenvalue weighted by Crippen LogP contribution is 2.41. The average Bonchev–Trinajstić information content (AvgIpc) is 3.37. The molecule has 5 rings (SSSR count). The summed E-state index contributed by atoms with van der Waals surface area (Å²) in [6, 6.07) is 20.4. The number of hydrogen-bond donors (Lipinski definition) is 1. The lowest BCUT2D eigenvalue weighted by atomic mass is 9.77. The Kier molecular flexibility index (Phi) is 10.2. The fourth-order valence-corrected chi connectivity index (χ4v) is 5.69. The van der Waals surface area contributed by atoms with Crippen molar-refractivity contribution in [3.8, 4) is 11.5 Å². The van der Waals surface area contributed by atoms with Gasteiger partial charge in [0.15, 0.2) is 0 Å². The number of likely N-dealkylation sites (tertiary alicyclic amines) is 2. The Balaban J connectivity index is 0.000000541. The van der Waals surface area contributed by atoms with Crippen LogP contribution in [0.25, 0.3) is 10.8 Å². The van der Waals surface area contributed by atoms with Crippen molar-refractivity contribution in [1.29, 1.82) is 0 Å². The third-order valence-corrected chi connectivity index (χ3v) is 8.10. The number of alkyl halides is 3. The number of hydrogen-bond acceptors (Lipinski definition) is 5. The van der Waals surface area contributed by atoms with Gasteiger partial charge < -0.3 is 19.5 Å². The molecule has 0 atom stereocenters. The smallest absolute Gasteiger partial charge is 0.490 e. The third-order valence-electron chi connectivity index (χ3n) is 8.10. The van der Waals surface area contributed by atoms with Crippen molar-refractivity contribution in [2.45, 2.75) is 45.8 Å². The topological polar surface area (TPSA) is 79.3 Å². The first-order valence-electron chi connectivity index (χ1n) is 14.5. The highest BCUT2D eigenvalue weighted by Gasteiger charge is 2.41. The second kappa shape index (κ2) is 13.7. The van der Waals surface area contributed by atoms with Crippen LogP contribution in [-0.2, 0) is 11.3 Å². The number of carboxylic acid groups (broad SMARTS) is 1. The first-order valence-corrected chi connectivity index (χ1v) is 14.5. The largest absolute Gasteiger partial charge is 0.497 e. The summed E-state index contributed by atoms with van der Waals surface area (Å²) in [5.74, 6) is -0.248. The fourth-order valence-electron chi connectivity index (χ4n) is 5.69. The lowest BCUT2D eigenvalue weighted by Gasteiger charge is -2.39. The summed E-state index contributed by atoms with van der Waals surface area (Å²) in [7, 11) is 1.67. The number of halogens is 3. The number of carbonyl (C=O) groups is 2. The molecule has 43 heavy (non-hydrogen) atoms. The zero-order chi connectivity index (χ0) is 31.2. The molecule has 1 spiro atoms. The molecule has 10 heteroatoms. The SMILES string of the molecule is COc1ccc2cc(C(=O)N3CCC4(CCN(Cc5ccccc5OCC(C)C)C4)CC3)ccc2c1.O=C(O)C(F)(F)F. The van der Waals surface area contributed by atoms with E-state index in [-0.39, 0.29) is 5.91 Å². The van der Waals surface area contributed by atoms with Gasteiger partial charge in [-0.15, -0.1) is 0 Å². The Labute approximate surface area is 250 Å². The zero-order valence-corrected chi connectivity index (χ0v) is 24.8. The van der Waals surface area contributed by atoms with Gasteiger partial charge >= 0.3 is 12.1 Å². The van der Waals surface area contributed by atoms with Gasteiger partial charge in [0, 0.05) is 37.3 Å². The Morgan fingerprint density at radius 3 is 2.23 bits per heavy atom. The number of rotatable bonds is 7. The molecule has 3 aromatic rings. The number of carboxylic acids is 1. The average molecular weight is 601 g/mol. The molecule has 7 nitrogen and oxygen atoms in total. The van der Waals surface area contributed by atoms with Crippen molar-refractivity contribution in [3.63, 3.8) is 0 Å². The molecule has 1 N–H and O–H groups in total. The predicted octanol–water partition coefficient (Wildman–Crippen LogP) is 6.64. The molecule has 2 fully saturated rings. The predicted molar refractivity (Wildman–Crippen MR) is 158 cm³/mol. The quantitative estimate of drug-likeness (QED) is 0.328. The fraction of sp³-hybridized carbons (Fsp3) is 0.455. The molecule has 0 aliphatic carbocycles. The van der Waals surface area contributed by atoms with E-state index in [0.717, 1.165) is 80.0 Å². The first-order chi connectivity index (χ1) is 20.4. The minimum atomic E-state index is -5.08. The van der Waals surface area contributed by atoms with Crippen molar-refractivity contribution in [3.05, 3.63) is 71.8 Å². The molecule has 3 aromatic carbocycles. The number of fused-ring (bicyclic) bond motifs is 1. The van der Waals surface area contributed by atoms with Crippen molar-refractivity contribution in [2.24, 2.45) is 11.3 Å².